The highest BCUT2D eigenvalue weighted by atomic mass is 16.5. The number of nitrogens with two attached hydrogens (primary N) is 2. The summed E-state index contributed by atoms with van der Waals surface area (Å²) in [5, 5.41) is 8.99. The summed E-state index contributed by atoms with van der Waals surface area (Å²) < 4.78 is 6.76. The maximum atomic E-state index is 11.5. The van der Waals surface area contributed by atoms with E-state index < -0.39 is 18.0 Å². The molecule has 1 aromatic heterocycles. The van der Waals surface area contributed by atoms with Crippen LogP contribution in [-0.4, -0.2) is 33.4 Å². The van der Waals surface area contributed by atoms with E-state index in [0.717, 1.165) is 0 Å². The summed E-state index contributed by atoms with van der Waals surface area (Å²) in [6.07, 6.45) is 1.07. The third-order valence-corrected chi connectivity index (χ3v) is 2.62. The van der Waals surface area contributed by atoms with Crippen LogP contribution < -0.4 is 17.2 Å². The Kier molecular flexibility index (Phi) is 2.90. The van der Waals surface area contributed by atoms with E-state index in [0.29, 0.717) is 6.42 Å². The highest BCUT2D eigenvalue weighted by Gasteiger charge is 2.33. The minimum absolute atomic E-state index is 0.158. The quantitative estimate of drug-likeness (QED) is 0.561. The predicted molar refractivity (Wildman–Crippen MR) is 56.5 cm³/mol. The fourth-order valence-corrected chi connectivity index (χ4v) is 1.75. The lowest BCUT2D eigenvalue weighted by Crippen LogP contribution is -2.32. The molecule has 0 radical (unpaired) electrons. The van der Waals surface area contributed by atoms with Crippen LogP contribution in [0.15, 0.2) is 17.1 Å². The van der Waals surface area contributed by atoms with Gasteiger partial charge in [-0.15, -0.1) is 0 Å². The van der Waals surface area contributed by atoms with E-state index in [-0.39, 0.29) is 18.5 Å². The van der Waals surface area contributed by atoms with Crippen LogP contribution in [-0.2, 0) is 4.74 Å². The Morgan fingerprint density at radius 3 is 3.00 bits per heavy atom. The van der Waals surface area contributed by atoms with Gasteiger partial charge < -0.3 is 21.3 Å². The first kappa shape index (κ1) is 11.1. The summed E-state index contributed by atoms with van der Waals surface area (Å²) in [5.41, 5.74) is 10.7. The van der Waals surface area contributed by atoms with E-state index in [9.17, 15) is 4.79 Å². The monoisotopic (exact) mass is 226 g/mol. The summed E-state index contributed by atoms with van der Waals surface area (Å²) >= 11 is 0. The number of ether oxygens (including phenoxy) is 1. The molecule has 1 saturated heterocycles. The molecule has 16 heavy (non-hydrogen) atoms. The molecule has 5 N–H and O–H groups in total. The Labute approximate surface area is 91.6 Å². The number of aliphatic hydroxyl groups excluding tert-OH is 1. The first-order chi connectivity index (χ1) is 7.61. The normalized spacial score (nSPS) is 29.5. The van der Waals surface area contributed by atoms with Crippen LogP contribution in [0.5, 0.6) is 0 Å². The van der Waals surface area contributed by atoms with Gasteiger partial charge in [0.15, 0.2) is 0 Å². The van der Waals surface area contributed by atoms with Gasteiger partial charge in [-0.3, -0.25) is 4.57 Å². The summed E-state index contributed by atoms with van der Waals surface area (Å²) in [6.45, 7) is -0.158. The second-order valence-corrected chi connectivity index (χ2v) is 3.75. The molecule has 0 saturated carbocycles. The molecule has 3 atom stereocenters. The summed E-state index contributed by atoms with van der Waals surface area (Å²) in [7, 11) is 0. The lowest BCUT2D eigenvalue weighted by atomic mass is 10.1. The molecular weight excluding hydrogens is 212 g/mol. The fraction of sp³-hybridized carbons (Fsp3) is 0.556. The highest BCUT2D eigenvalue weighted by molar-refractivity contribution is 5.23. The molecule has 88 valence electrons. The summed E-state index contributed by atoms with van der Waals surface area (Å²) in [6, 6.07) is 1.24. The van der Waals surface area contributed by atoms with Crippen LogP contribution in [0.3, 0.4) is 0 Å². The smallest absolute Gasteiger partial charge is 0.351 e. The summed E-state index contributed by atoms with van der Waals surface area (Å²) in [5.74, 6) is 0.169. The highest BCUT2D eigenvalue weighted by Crippen LogP contribution is 2.25. The standard InChI is InChI=1S/C9H14N4O3/c10-5-3-8(16-6(5)4-14)13-2-1-7(11)12-9(13)15/h1-2,5-6,8,14H,3-4,10H2,(H2,11,12,15)/t5-,6+,8+/m0/s1. The Morgan fingerprint density at radius 1 is 1.69 bits per heavy atom. The van der Waals surface area contributed by atoms with Crippen molar-refractivity contribution in [3.63, 3.8) is 0 Å². The number of nitrogen functional groups attached to an aromatic ring is 1. The van der Waals surface area contributed by atoms with Crippen molar-refractivity contribution in [2.45, 2.75) is 24.8 Å². The molecule has 0 amide bonds. The van der Waals surface area contributed by atoms with Crippen molar-refractivity contribution < 1.29 is 9.84 Å². The fourth-order valence-electron chi connectivity index (χ4n) is 1.75. The lowest BCUT2D eigenvalue weighted by Gasteiger charge is -2.14. The second kappa shape index (κ2) is 4.20. The zero-order valence-electron chi connectivity index (χ0n) is 8.61. The molecule has 0 aliphatic carbocycles. The van der Waals surface area contributed by atoms with Gasteiger partial charge in [0, 0.05) is 18.7 Å². The van der Waals surface area contributed by atoms with Gasteiger partial charge in [0.05, 0.1) is 12.7 Å². The van der Waals surface area contributed by atoms with Crippen LogP contribution in [0.2, 0.25) is 0 Å². The van der Waals surface area contributed by atoms with Crippen molar-refractivity contribution >= 4 is 5.82 Å². The van der Waals surface area contributed by atoms with E-state index in [2.05, 4.69) is 4.98 Å². The van der Waals surface area contributed by atoms with Gasteiger partial charge in [-0.05, 0) is 6.07 Å². The molecule has 0 aromatic carbocycles. The molecule has 7 nitrogen and oxygen atoms in total. The summed E-state index contributed by atoms with van der Waals surface area (Å²) in [4.78, 5) is 15.1. The molecule has 0 spiro atoms. The third-order valence-electron chi connectivity index (χ3n) is 2.62. The largest absolute Gasteiger partial charge is 0.394 e. The molecule has 7 heteroatoms. The number of anilines is 1. The first-order valence-electron chi connectivity index (χ1n) is 4.98. The van der Waals surface area contributed by atoms with Gasteiger partial charge >= 0.3 is 5.69 Å². The van der Waals surface area contributed by atoms with Gasteiger partial charge in [0.1, 0.15) is 12.0 Å². The molecule has 1 aromatic rings. The van der Waals surface area contributed by atoms with Crippen molar-refractivity contribution in [1.82, 2.24) is 9.55 Å². The third kappa shape index (κ3) is 1.92. The van der Waals surface area contributed by atoms with E-state index in [1.54, 1.807) is 0 Å². The topological polar surface area (TPSA) is 116 Å². The van der Waals surface area contributed by atoms with Gasteiger partial charge in [-0.2, -0.15) is 4.98 Å². The lowest BCUT2D eigenvalue weighted by molar-refractivity contribution is -0.0270. The van der Waals surface area contributed by atoms with Crippen molar-refractivity contribution in [2.24, 2.45) is 5.73 Å². The second-order valence-electron chi connectivity index (χ2n) is 3.75. The van der Waals surface area contributed by atoms with E-state index in [1.165, 1.54) is 16.8 Å². The van der Waals surface area contributed by atoms with Crippen molar-refractivity contribution in [2.75, 3.05) is 12.3 Å². The molecule has 2 rings (SSSR count). The predicted octanol–water partition coefficient (Wildman–Crippen LogP) is -1.57. The average molecular weight is 226 g/mol. The minimum Gasteiger partial charge on any atom is -0.394 e. The van der Waals surface area contributed by atoms with Crippen LogP contribution in [0.4, 0.5) is 5.82 Å². The SMILES string of the molecule is Nc1ccn([C@H]2C[C@H](N)[C@@H](CO)O2)c(=O)n1. The molecular formula is C9H14N4O3. The van der Waals surface area contributed by atoms with Crippen LogP contribution in [0, 0.1) is 0 Å². The molecule has 1 aliphatic rings. The molecule has 1 fully saturated rings. The first-order valence-corrected chi connectivity index (χ1v) is 4.98. The van der Waals surface area contributed by atoms with Crippen LogP contribution in [0.1, 0.15) is 12.6 Å². The average Bonchev–Trinajstić information content (AvgIpc) is 2.59. The number of rotatable bonds is 2. The number of hydrogen-bond acceptors (Lipinski definition) is 6. The zero-order valence-corrected chi connectivity index (χ0v) is 8.61. The van der Waals surface area contributed by atoms with Gasteiger partial charge in [0.2, 0.25) is 0 Å². The van der Waals surface area contributed by atoms with E-state index in [1.807, 2.05) is 0 Å². The maximum Gasteiger partial charge on any atom is 0.351 e. The Bertz CT molecular complexity index is 433. The van der Waals surface area contributed by atoms with Gasteiger partial charge in [-0.1, -0.05) is 0 Å². The maximum absolute atomic E-state index is 11.5. The number of nitrogens with zero attached hydrogens (tertiary/aromatic N) is 2. The van der Waals surface area contributed by atoms with E-state index >= 15 is 0 Å². The van der Waals surface area contributed by atoms with E-state index in [4.69, 9.17) is 21.3 Å². The molecule has 0 bridgehead atoms. The number of aliphatic hydroxyl groups is 1. The Balaban J connectivity index is 2.23. The van der Waals surface area contributed by atoms with Crippen molar-refractivity contribution in [3.05, 3.63) is 22.7 Å². The van der Waals surface area contributed by atoms with Crippen molar-refractivity contribution in [3.8, 4) is 0 Å². The Morgan fingerprint density at radius 2 is 2.44 bits per heavy atom. The van der Waals surface area contributed by atoms with Gasteiger partial charge in [-0.25, -0.2) is 4.79 Å². The van der Waals surface area contributed by atoms with Crippen LogP contribution >= 0.6 is 0 Å². The molecule has 0 unspecified atom stereocenters. The molecule has 2 heterocycles. The van der Waals surface area contributed by atoms with Crippen molar-refractivity contribution in [1.29, 1.82) is 0 Å². The minimum atomic E-state index is -0.479. The van der Waals surface area contributed by atoms with Crippen LogP contribution in [0.25, 0.3) is 0 Å². The molecule has 1 aliphatic heterocycles. The zero-order chi connectivity index (χ0) is 11.7. The number of aromatic nitrogens is 2. The number of hydrogen-bond donors (Lipinski definition) is 3. The Hall–Kier alpha value is -1.44. The van der Waals surface area contributed by atoms with Gasteiger partial charge in [0.25, 0.3) is 0 Å².